The lowest BCUT2D eigenvalue weighted by Crippen LogP contribution is -2.21. The number of carbonyl (C=O) groups is 2. The number of esters is 1. The van der Waals surface area contributed by atoms with Gasteiger partial charge in [0.05, 0.1) is 5.56 Å². The quantitative estimate of drug-likeness (QED) is 0.830. The van der Waals surface area contributed by atoms with Gasteiger partial charge in [-0.2, -0.15) is 0 Å². The molecule has 0 aliphatic heterocycles. The average molecular weight is 352 g/mol. The van der Waals surface area contributed by atoms with Gasteiger partial charge in [-0.3, -0.25) is 4.79 Å². The largest absolute Gasteiger partial charge is 0.452 e. The standard InChI is InChI=1S/C17H15Cl2NO3/c1-10-4-3-5-15(11(10)2)20-16(21)9-23-17(22)12-6-13(18)8-14(19)7-12/h3-8H,9H2,1-2H3,(H,20,21). The van der Waals surface area contributed by atoms with E-state index in [1.807, 2.05) is 26.0 Å². The number of amides is 1. The Balaban J connectivity index is 1.96. The minimum absolute atomic E-state index is 0.196. The van der Waals surface area contributed by atoms with Gasteiger partial charge < -0.3 is 10.1 Å². The Hall–Kier alpha value is -2.04. The summed E-state index contributed by atoms with van der Waals surface area (Å²) in [6.45, 7) is 3.47. The zero-order valence-corrected chi connectivity index (χ0v) is 14.2. The highest BCUT2D eigenvalue weighted by Gasteiger charge is 2.12. The third-order valence-corrected chi connectivity index (χ3v) is 3.75. The summed E-state index contributed by atoms with van der Waals surface area (Å²) < 4.78 is 4.97. The van der Waals surface area contributed by atoms with Crippen molar-refractivity contribution in [2.75, 3.05) is 11.9 Å². The minimum atomic E-state index is -0.662. The normalized spacial score (nSPS) is 10.3. The first kappa shape index (κ1) is 17.3. The molecule has 0 radical (unpaired) electrons. The Labute approximate surface area is 144 Å². The van der Waals surface area contributed by atoms with Crippen LogP contribution < -0.4 is 5.32 Å². The van der Waals surface area contributed by atoms with E-state index in [1.165, 1.54) is 18.2 Å². The summed E-state index contributed by atoms with van der Waals surface area (Å²) in [4.78, 5) is 23.8. The molecule has 0 bridgehead atoms. The van der Waals surface area contributed by atoms with E-state index < -0.39 is 18.5 Å². The molecule has 4 nitrogen and oxygen atoms in total. The van der Waals surface area contributed by atoms with Crippen LogP contribution in [0.5, 0.6) is 0 Å². The summed E-state index contributed by atoms with van der Waals surface area (Å²) in [6, 6.07) is 9.95. The third kappa shape index (κ3) is 4.71. The second-order valence-electron chi connectivity index (χ2n) is 5.03. The fourth-order valence-corrected chi connectivity index (χ4v) is 2.48. The highest BCUT2D eigenvalue weighted by atomic mass is 35.5. The molecule has 0 atom stereocenters. The minimum Gasteiger partial charge on any atom is -0.452 e. The first-order valence-corrected chi connectivity index (χ1v) is 7.61. The molecule has 0 saturated carbocycles. The summed E-state index contributed by atoms with van der Waals surface area (Å²) in [6.07, 6.45) is 0. The van der Waals surface area contributed by atoms with Gasteiger partial charge in [0, 0.05) is 15.7 Å². The van der Waals surface area contributed by atoms with Gasteiger partial charge >= 0.3 is 5.97 Å². The highest BCUT2D eigenvalue weighted by Crippen LogP contribution is 2.20. The lowest BCUT2D eigenvalue weighted by molar-refractivity contribution is -0.119. The maximum atomic E-state index is 11.9. The van der Waals surface area contributed by atoms with Gasteiger partial charge in [-0.1, -0.05) is 35.3 Å². The number of benzene rings is 2. The average Bonchev–Trinajstić information content (AvgIpc) is 2.48. The molecule has 0 spiro atoms. The maximum absolute atomic E-state index is 11.9. The Morgan fingerprint density at radius 3 is 2.39 bits per heavy atom. The molecule has 23 heavy (non-hydrogen) atoms. The molecular formula is C17H15Cl2NO3. The number of carbonyl (C=O) groups excluding carboxylic acids is 2. The lowest BCUT2D eigenvalue weighted by Gasteiger charge is -2.10. The Kier molecular flexibility index (Phi) is 5.64. The summed E-state index contributed by atoms with van der Waals surface area (Å²) >= 11 is 11.6. The molecule has 0 fully saturated rings. The molecule has 6 heteroatoms. The van der Waals surface area contributed by atoms with Gasteiger partial charge in [0.25, 0.3) is 5.91 Å². The topological polar surface area (TPSA) is 55.4 Å². The van der Waals surface area contributed by atoms with Gasteiger partial charge in [-0.15, -0.1) is 0 Å². The van der Waals surface area contributed by atoms with Crippen LogP contribution in [-0.4, -0.2) is 18.5 Å². The Bertz CT molecular complexity index is 739. The molecule has 2 aromatic carbocycles. The summed E-state index contributed by atoms with van der Waals surface area (Å²) in [5.74, 6) is -1.08. The van der Waals surface area contributed by atoms with Crippen LogP contribution in [0.4, 0.5) is 5.69 Å². The van der Waals surface area contributed by atoms with Crippen LogP contribution in [0.2, 0.25) is 10.0 Å². The molecule has 0 aliphatic carbocycles. The molecule has 0 saturated heterocycles. The zero-order valence-electron chi connectivity index (χ0n) is 12.7. The van der Waals surface area contributed by atoms with Gasteiger partial charge in [0.2, 0.25) is 0 Å². The molecule has 0 aliphatic rings. The van der Waals surface area contributed by atoms with E-state index in [9.17, 15) is 9.59 Å². The number of hydrogen-bond donors (Lipinski definition) is 1. The molecule has 2 aromatic rings. The summed E-state index contributed by atoms with van der Waals surface area (Å²) in [7, 11) is 0. The van der Waals surface area contributed by atoms with Crippen molar-refractivity contribution in [3.05, 3.63) is 63.1 Å². The van der Waals surface area contributed by atoms with Crippen molar-refractivity contribution in [2.24, 2.45) is 0 Å². The fraction of sp³-hybridized carbons (Fsp3) is 0.176. The van der Waals surface area contributed by atoms with Crippen LogP contribution in [-0.2, 0) is 9.53 Å². The van der Waals surface area contributed by atoms with E-state index in [4.69, 9.17) is 27.9 Å². The van der Waals surface area contributed by atoms with Crippen LogP contribution >= 0.6 is 23.2 Å². The van der Waals surface area contributed by atoms with E-state index in [0.29, 0.717) is 15.7 Å². The molecule has 0 heterocycles. The first-order valence-electron chi connectivity index (χ1n) is 6.86. The van der Waals surface area contributed by atoms with Crippen molar-refractivity contribution in [3.63, 3.8) is 0 Å². The monoisotopic (exact) mass is 351 g/mol. The number of aryl methyl sites for hydroxylation is 1. The van der Waals surface area contributed by atoms with E-state index in [2.05, 4.69) is 5.32 Å². The maximum Gasteiger partial charge on any atom is 0.338 e. The van der Waals surface area contributed by atoms with E-state index in [1.54, 1.807) is 6.07 Å². The van der Waals surface area contributed by atoms with Gasteiger partial charge in [0.1, 0.15) is 0 Å². The number of ether oxygens (including phenoxy) is 1. The molecule has 0 aromatic heterocycles. The van der Waals surface area contributed by atoms with Crippen molar-refractivity contribution in [3.8, 4) is 0 Å². The van der Waals surface area contributed by atoms with Crippen LogP contribution in [0.25, 0.3) is 0 Å². The summed E-state index contributed by atoms with van der Waals surface area (Å²) in [5, 5.41) is 3.36. The van der Waals surface area contributed by atoms with E-state index >= 15 is 0 Å². The summed E-state index contributed by atoms with van der Waals surface area (Å²) in [5.41, 5.74) is 2.92. The lowest BCUT2D eigenvalue weighted by atomic mass is 10.1. The second kappa shape index (κ2) is 7.49. The fourth-order valence-electron chi connectivity index (χ4n) is 1.96. The van der Waals surface area contributed by atoms with Crippen molar-refractivity contribution in [1.82, 2.24) is 0 Å². The van der Waals surface area contributed by atoms with Gasteiger partial charge in [-0.25, -0.2) is 4.79 Å². The van der Waals surface area contributed by atoms with Crippen LogP contribution in [0.3, 0.4) is 0 Å². The van der Waals surface area contributed by atoms with Crippen LogP contribution in [0, 0.1) is 13.8 Å². The molecule has 2 rings (SSSR count). The molecule has 1 N–H and O–H groups in total. The predicted octanol–water partition coefficient (Wildman–Crippen LogP) is 4.41. The number of nitrogens with one attached hydrogen (secondary N) is 1. The predicted molar refractivity (Wildman–Crippen MR) is 91.3 cm³/mol. The number of anilines is 1. The molecule has 1 amide bonds. The Morgan fingerprint density at radius 1 is 1.09 bits per heavy atom. The van der Waals surface area contributed by atoms with Crippen molar-refractivity contribution in [1.29, 1.82) is 0 Å². The molecule has 120 valence electrons. The molecule has 0 unspecified atom stereocenters. The number of hydrogen-bond acceptors (Lipinski definition) is 3. The van der Waals surface area contributed by atoms with E-state index in [0.717, 1.165) is 11.1 Å². The van der Waals surface area contributed by atoms with Crippen LogP contribution in [0.15, 0.2) is 36.4 Å². The van der Waals surface area contributed by atoms with E-state index in [-0.39, 0.29) is 5.56 Å². The third-order valence-electron chi connectivity index (χ3n) is 3.31. The Morgan fingerprint density at radius 2 is 1.74 bits per heavy atom. The smallest absolute Gasteiger partial charge is 0.338 e. The SMILES string of the molecule is Cc1cccc(NC(=O)COC(=O)c2cc(Cl)cc(Cl)c2)c1C. The highest BCUT2D eigenvalue weighted by molar-refractivity contribution is 6.35. The zero-order chi connectivity index (χ0) is 17.0. The molecular weight excluding hydrogens is 337 g/mol. The first-order chi connectivity index (χ1) is 10.9. The van der Waals surface area contributed by atoms with Crippen molar-refractivity contribution >= 4 is 40.8 Å². The van der Waals surface area contributed by atoms with Crippen LogP contribution in [0.1, 0.15) is 21.5 Å². The number of halogens is 2. The second-order valence-corrected chi connectivity index (χ2v) is 5.90. The number of rotatable bonds is 4. The van der Waals surface area contributed by atoms with Crippen molar-refractivity contribution in [2.45, 2.75) is 13.8 Å². The van der Waals surface area contributed by atoms with Gasteiger partial charge in [0.15, 0.2) is 6.61 Å². The van der Waals surface area contributed by atoms with Gasteiger partial charge in [-0.05, 0) is 49.2 Å². The van der Waals surface area contributed by atoms with Crippen molar-refractivity contribution < 1.29 is 14.3 Å².